The highest BCUT2D eigenvalue weighted by Gasteiger charge is 2.09. The molecule has 106 valence electrons. The Morgan fingerprint density at radius 2 is 2.30 bits per heavy atom. The normalized spacial score (nSPS) is 10.3. The predicted octanol–water partition coefficient (Wildman–Crippen LogP) is 0.122. The van der Waals surface area contributed by atoms with Gasteiger partial charge in [-0.25, -0.2) is 10.8 Å². The van der Waals surface area contributed by atoms with Crippen molar-refractivity contribution in [1.29, 1.82) is 0 Å². The van der Waals surface area contributed by atoms with Crippen LogP contribution < -0.4 is 16.6 Å². The molecule has 0 saturated carbocycles. The van der Waals surface area contributed by atoms with Crippen molar-refractivity contribution in [1.82, 2.24) is 25.1 Å². The Balaban J connectivity index is 1.95. The highest BCUT2D eigenvalue weighted by Crippen LogP contribution is 2.13. The van der Waals surface area contributed by atoms with Crippen LogP contribution in [-0.4, -0.2) is 32.2 Å². The van der Waals surface area contributed by atoms with E-state index in [0.29, 0.717) is 24.3 Å². The first kappa shape index (κ1) is 14.2. The molecule has 4 N–H and O–H groups in total. The second-order valence-corrected chi connectivity index (χ2v) is 4.46. The molecule has 0 fully saturated rings. The Morgan fingerprint density at radius 1 is 1.50 bits per heavy atom. The summed E-state index contributed by atoms with van der Waals surface area (Å²) in [6.07, 6.45) is 2.20. The van der Waals surface area contributed by atoms with Crippen LogP contribution in [-0.2, 0) is 13.5 Å². The number of rotatable bonds is 5. The van der Waals surface area contributed by atoms with Gasteiger partial charge in [0.25, 0.3) is 5.91 Å². The van der Waals surface area contributed by atoms with Gasteiger partial charge in [0.05, 0.1) is 0 Å². The van der Waals surface area contributed by atoms with Gasteiger partial charge < -0.3 is 15.3 Å². The summed E-state index contributed by atoms with van der Waals surface area (Å²) in [4.78, 5) is 15.9. The zero-order chi connectivity index (χ0) is 14.5. The number of carbonyl (C=O) groups excluding carboxylic acids is 1. The van der Waals surface area contributed by atoms with Crippen LogP contribution in [0.2, 0.25) is 5.15 Å². The average Bonchev–Trinajstić information content (AvgIpc) is 2.83. The maximum Gasteiger partial charge on any atom is 0.251 e. The number of pyridine rings is 1. The summed E-state index contributed by atoms with van der Waals surface area (Å²) in [6.45, 7) is 0.441. The highest BCUT2D eigenvalue weighted by molar-refractivity contribution is 6.29. The van der Waals surface area contributed by atoms with E-state index in [1.165, 1.54) is 12.1 Å². The third kappa shape index (κ3) is 3.43. The van der Waals surface area contributed by atoms with Gasteiger partial charge in [-0.15, -0.1) is 10.2 Å². The molecule has 2 aromatic heterocycles. The van der Waals surface area contributed by atoms with Crippen molar-refractivity contribution in [2.24, 2.45) is 12.9 Å². The molecule has 0 bridgehead atoms. The Bertz CT molecular complexity index is 613. The Kier molecular flexibility index (Phi) is 4.49. The molecule has 2 heterocycles. The van der Waals surface area contributed by atoms with Crippen LogP contribution in [0.4, 0.5) is 5.82 Å². The van der Waals surface area contributed by atoms with Crippen molar-refractivity contribution in [3.05, 3.63) is 35.0 Å². The number of halogens is 1. The van der Waals surface area contributed by atoms with E-state index in [2.05, 4.69) is 25.9 Å². The minimum Gasteiger partial charge on any atom is -0.352 e. The van der Waals surface area contributed by atoms with Crippen LogP contribution in [0.1, 0.15) is 16.2 Å². The minimum atomic E-state index is -0.257. The molecule has 8 nitrogen and oxygen atoms in total. The van der Waals surface area contributed by atoms with E-state index in [1.807, 2.05) is 7.05 Å². The average molecular weight is 296 g/mol. The second-order valence-electron chi connectivity index (χ2n) is 4.07. The SMILES string of the molecule is Cn1cnnc1CCNC(=O)c1cc(Cl)nc(NN)c1. The molecule has 0 atom stereocenters. The van der Waals surface area contributed by atoms with Crippen molar-refractivity contribution in [3.8, 4) is 0 Å². The number of hydrogen-bond acceptors (Lipinski definition) is 6. The number of nitrogens with two attached hydrogens (primary N) is 1. The summed E-state index contributed by atoms with van der Waals surface area (Å²) in [5.74, 6) is 6.11. The van der Waals surface area contributed by atoms with Gasteiger partial charge >= 0.3 is 0 Å². The molecule has 0 aromatic carbocycles. The molecular formula is C11H14ClN7O. The zero-order valence-corrected chi connectivity index (χ0v) is 11.6. The molecule has 9 heteroatoms. The number of aromatic nitrogens is 4. The van der Waals surface area contributed by atoms with Gasteiger partial charge in [-0.2, -0.15) is 0 Å². The van der Waals surface area contributed by atoms with E-state index in [4.69, 9.17) is 17.4 Å². The summed E-state index contributed by atoms with van der Waals surface area (Å²) < 4.78 is 1.80. The van der Waals surface area contributed by atoms with Crippen molar-refractivity contribution < 1.29 is 4.79 Å². The number of anilines is 1. The van der Waals surface area contributed by atoms with Gasteiger partial charge in [-0.1, -0.05) is 11.6 Å². The number of nitrogen functional groups attached to an aromatic ring is 1. The standard InChI is InChI=1S/C11H14ClN7O/c1-19-6-15-18-10(19)2-3-14-11(20)7-4-8(12)16-9(5-7)17-13/h4-6H,2-3,13H2,1H3,(H,14,20)(H,16,17). The molecule has 0 unspecified atom stereocenters. The molecule has 0 radical (unpaired) electrons. The fraction of sp³-hybridized carbons (Fsp3) is 0.273. The lowest BCUT2D eigenvalue weighted by Gasteiger charge is -2.07. The first-order valence-corrected chi connectivity index (χ1v) is 6.23. The number of hydrogen-bond donors (Lipinski definition) is 3. The third-order valence-electron chi connectivity index (χ3n) is 2.64. The zero-order valence-electron chi connectivity index (χ0n) is 10.8. The Hall–Kier alpha value is -2.19. The van der Waals surface area contributed by atoms with Crippen molar-refractivity contribution in [2.75, 3.05) is 12.0 Å². The van der Waals surface area contributed by atoms with Crippen LogP contribution in [0.3, 0.4) is 0 Å². The second kappa shape index (κ2) is 6.31. The monoisotopic (exact) mass is 295 g/mol. The topological polar surface area (TPSA) is 111 Å². The maximum atomic E-state index is 12.0. The predicted molar refractivity (Wildman–Crippen MR) is 74.1 cm³/mol. The first-order chi connectivity index (χ1) is 9.60. The van der Waals surface area contributed by atoms with Gasteiger partial charge in [-0.05, 0) is 12.1 Å². The lowest BCUT2D eigenvalue weighted by Crippen LogP contribution is -2.26. The fourth-order valence-electron chi connectivity index (χ4n) is 1.63. The number of aryl methyl sites for hydroxylation is 1. The van der Waals surface area contributed by atoms with E-state index in [-0.39, 0.29) is 11.1 Å². The van der Waals surface area contributed by atoms with Gasteiger partial charge in [-0.3, -0.25) is 4.79 Å². The van der Waals surface area contributed by atoms with Crippen molar-refractivity contribution >= 4 is 23.3 Å². The van der Waals surface area contributed by atoms with E-state index in [1.54, 1.807) is 10.9 Å². The van der Waals surface area contributed by atoms with Crippen molar-refractivity contribution in [3.63, 3.8) is 0 Å². The highest BCUT2D eigenvalue weighted by atomic mass is 35.5. The Labute approximate surface area is 120 Å². The number of nitrogens with zero attached hydrogens (tertiary/aromatic N) is 4. The molecule has 2 aromatic rings. The minimum absolute atomic E-state index is 0.193. The van der Waals surface area contributed by atoms with Crippen LogP contribution in [0.25, 0.3) is 0 Å². The summed E-state index contributed by atoms with van der Waals surface area (Å²) in [5.41, 5.74) is 2.74. The van der Waals surface area contributed by atoms with Crippen LogP contribution >= 0.6 is 11.6 Å². The van der Waals surface area contributed by atoms with Crippen molar-refractivity contribution in [2.45, 2.75) is 6.42 Å². The molecule has 0 spiro atoms. The van der Waals surface area contributed by atoms with Gasteiger partial charge in [0.2, 0.25) is 0 Å². The van der Waals surface area contributed by atoms with Crippen LogP contribution in [0.5, 0.6) is 0 Å². The molecule has 20 heavy (non-hydrogen) atoms. The van der Waals surface area contributed by atoms with E-state index in [0.717, 1.165) is 5.82 Å². The quantitative estimate of drug-likeness (QED) is 0.410. The van der Waals surface area contributed by atoms with E-state index < -0.39 is 0 Å². The molecular weight excluding hydrogens is 282 g/mol. The molecule has 1 amide bonds. The molecule has 0 aliphatic heterocycles. The van der Waals surface area contributed by atoms with E-state index >= 15 is 0 Å². The molecule has 2 rings (SSSR count). The van der Waals surface area contributed by atoms with Gasteiger partial charge in [0, 0.05) is 25.6 Å². The number of nitrogens with one attached hydrogen (secondary N) is 2. The van der Waals surface area contributed by atoms with E-state index in [9.17, 15) is 4.79 Å². The van der Waals surface area contributed by atoms with Gasteiger partial charge in [0.15, 0.2) is 0 Å². The fourth-order valence-corrected chi connectivity index (χ4v) is 1.83. The third-order valence-corrected chi connectivity index (χ3v) is 2.84. The maximum absolute atomic E-state index is 12.0. The number of hydrazine groups is 1. The first-order valence-electron chi connectivity index (χ1n) is 5.85. The molecule has 0 aliphatic rings. The summed E-state index contributed by atoms with van der Waals surface area (Å²) in [5, 5.41) is 10.7. The van der Waals surface area contributed by atoms with Crippen LogP contribution in [0, 0.1) is 0 Å². The van der Waals surface area contributed by atoms with Gasteiger partial charge in [0.1, 0.15) is 23.1 Å². The van der Waals surface area contributed by atoms with Crippen LogP contribution in [0.15, 0.2) is 18.5 Å². The summed E-state index contributed by atoms with van der Waals surface area (Å²) in [6, 6.07) is 2.99. The molecule has 0 aliphatic carbocycles. The summed E-state index contributed by atoms with van der Waals surface area (Å²) in [7, 11) is 1.85. The largest absolute Gasteiger partial charge is 0.352 e. The lowest BCUT2D eigenvalue weighted by atomic mass is 10.2. The Morgan fingerprint density at radius 3 is 2.95 bits per heavy atom. The number of amides is 1. The smallest absolute Gasteiger partial charge is 0.251 e. The summed E-state index contributed by atoms with van der Waals surface area (Å²) >= 11 is 5.80. The number of carbonyl (C=O) groups is 1. The molecule has 0 saturated heterocycles. The lowest BCUT2D eigenvalue weighted by molar-refractivity contribution is 0.0954.